The summed E-state index contributed by atoms with van der Waals surface area (Å²) in [5.41, 5.74) is 6.32. The molecule has 0 bridgehead atoms. The molecule has 1 amide bonds. The maximum Gasteiger partial charge on any atom is 0.348 e. The van der Waals surface area contributed by atoms with Crippen LogP contribution in [0, 0.1) is 5.92 Å². The van der Waals surface area contributed by atoms with E-state index in [1.54, 1.807) is 25.2 Å². The third-order valence-electron chi connectivity index (χ3n) is 3.09. The molecule has 7 heteroatoms. The molecule has 0 aliphatic heterocycles. The molecular weight excluding hydrogens is 308 g/mol. The van der Waals surface area contributed by atoms with Crippen molar-refractivity contribution in [1.29, 1.82) is 0 Å². The molecule has 2 aromatic heterocycles. The summed E-state index contributed by atoms with van der Waals surface area (Å²) in [7, 11) is 0. The molecule has 0 spiro atoms. The molecule has 2 aromatic rings. The Morgan fingerprint density at radius 1 is 1.48 bits per heavy atom. The Hall–Kier alpha value is -1.44. The van der Waals surface area contributed by atoms with Gasteiger partial charge in [-0.3, -0.25) is 4.79 Å². The molecule has 3 N–H and O–H groups in total. The van der Waals surface area contributed by atoms with Crippen LogP contribution in [0.2, 0.25) is 0 Å². The van der Waals surface area contributed by atoms with E-state index in [0.717, 1.165) is 15.0 Å². The highest BCUT2D eigenvalue weighted by Crippen LogP contribution is 2.35. The predicted molar refractivity (Wildman–Crippen MR) is 85.7 cm³/mol. The number of ether oxygens (including phenoxy) is 1. The molecule has 0 aromatic carbocycles. The van der Waals surface area contributed by atoms with E-state index in [1.807, 2.05) is 11.4 Å². The van der Waals surface area contributed by atoms with Crippen molar-refractivity contribution in [3.05, 3.63) is 21.9 Å². The van der Waals surface area contributed by atoms with Gasteiger partial charge in [-0.2, -0.15) is 0 Å². The van der Waals surface area contributed by atoms with Gasteiger partial charge in [-0.1, -0.05) is 6.92 Å². The Kier molecular flexibility index (Phi) is 5.33. The molecule has 0 saturated carbocycles. The van der Waals surface area contributed by atoms with Crippen LogP contribution < -0.4 is 11.1 Å². The number of carbonyl (C=O) groups is 2. The van der Waals surface area contributed by atoms with Gasteiger partial charge in [0.25, 0.3) is 0 Å². The fraction of sp³-hybridized carbons (Fsp3) is 0.429. The predicted octanol–water partition coefficient (Wildman–Crippen LogP) is 2.35. The van der Waals surface area contributed by atoms with Gasteiger partial charge in [0.2, 0.25) is 5.91 Å². The number of nitrogens with one attached hydrogen (secondary N) is 1. The standard InChI is InChI=1S/C14H18N2O3S2/c1-3-19-14(18)12-9(7-16-13(17)8(2)6-15)11-10(21-12)4-5-20-11/h4-5,8H,3,6-7,15H2,1-2H3,(H,16,17). The quantitative estimate of drug-likeness (QED) is 0.798. The zero-order valence-electron chi connectivity index (χ0n) is 12.0. The smallest absolute Gasteiger partial charge is 0.348 e. The summed E-state index contributed by atoms with van der Waals surface area (Å²) < 4.78 is 7.16. The van der Waals surface area contributed by atoms with Crippen molar-refractivity contribution in [3.63, 3.8) is 0 Å². The van der Waals surface area contributed by atoms with E-state index in [-0.39, 0.29) is 17.8 Å². The number of hydrogen-bond donors (Lipinski definition) is 2. The number of carbonyl (C=O) groups excluding carboxylic acids is 2. The number of esters is 1. The van der Waals surface area contributed by atoms with Crippen molar-refractivity contribution in [2.24, 2.45) is 11.7 Å². The van der Waals surface area contributed by atoms with Gasteiger partial charge in [0.15, 0.2) is 0 Å². The minimum Gasteiger partial charge on any atom is -0.462 e. The Morgan fingerprint density at radius 3 is 2.90 bits per heavy atom. The number of hydrogen-bond acceptors (Lipinski definition) is 6. The van der Waals surface area contributed by atoms with Crippen molar-refractivity contribution in [3.8, 4) is 0 Å². The van der Waals surface area contributed by atoms with Gasteiger partial charge in [0.05, 0.1) is 11.3 Å². The third-order valence-corrected chi connectivity index (χ3v) is 5.37. The first-order valence-corrected chi connectivity index (χ1v) is 8.41. The monoisotopic (exact) mass is 326 g/mol. The molecule has 2 rings (SSSR count). The van der Waals surface area contributed by atoms with Crippen LogP contribution in [0.3, 0.4) is 0 Å². The largest absolute Gasteiger partial charge is 0.462 e. The second-order valence-corrected chi connectivity index (χ2v) is 6.57. The highest BCUT2D eigenvalue weighted by Gasteiger charge is 2.21. The molecule has 5 nitrogen and oxygen atoms in total. The molecule has 0 fully saturated rings. The maximum atomic E-state index is 12.0. The van der Waals surface area contributed by atoms with Crippen molar-refractivity contribution in [2.45, 2.75) is 20.4 Å². The van der Waals surface area contributed by atoms with Crippen LogP contribution in [0.5, 0.6) is 0 Å². The highest BCUT2D eigenvalue weighted by atomic mass is 32.1. The summed E-state index contributed by atoms with van der Waals surface area (Å²) in [6, 6.07) is 1.97. The van der Waals surface area contributed by atoms with Gasteiger partial charge in [0.1, 0.15) is 4.88 Å². The van der Waals surface area contributed by atoms with E-state index in [2.05, 4.69) is 5.32 Å². The minimum absolute atomic E-state index is 0.108. The van der Waals surface area contributed by atoms with E-state index in [1.165, 1.54) is 11.3 Å². The lowest BCUT2D eigenvalue weighted by molar-refractivity contribution is -0.124. The van der Waals surface area contributed by atoms with E-state index in [0.29, 0.717) is 24.6 Å². The van der Waals surface area contributed by atoms with Crippen LogP contribution in [-0.4, -0.2) is 25.0 Å². The van der Waals surface area contributed by atoms with E-state index >= 15 is 0 Å². The first-order chi connectivity index (χ1) is 10.1. The summed E-state index contributed by atoms with van der Waals surface area (Å²) in [5.74, 6) is -0.682. The summed E-state index contributed by atoms with van der Waals surface area (Å²) in [5, 5.41) is 4.82. The Bertz CT molecular complexity index is 648. The topological polar surface area (TPSA) is 81.4 Å². The van der Waals surface area contributed by atoms with Crippen LogP contribution >= 0.6 is 22.7 Å². The molecular formula is C14H18N2O3S2. The van der Waals surface area contributed by atoms with Crippen LogP contribution in [-0.2, 0) is 16.1 Å². The Morgan fingerprint density at radius 2 is 2.24 bits per heavy atom. The second kappa shape index (κ2) is 7.02. The highest BCUT2D eigenvalue weighted by molar-refractivity contribution is 7.28. The zero-order valence-corrected chi connectivity index (χ0v) is 13.6. The van der Waals surface area contributed by atoms with Crippen molar-refractivity contribution >= 4 is 43.9 Å². The lowest BCUT2D eigenvalue weighted by Gasteiger charge is -2.10. The number of amides is 1. The van der Waals surface area contributed by atoms with E-state index in [4.69, 9.17) is 10.5 Å². The average molecular weight is 326 g/mol. The van der Waals surface area contributed by atoms with E-state index < -0.39 is 0 Å². The fourth-order valence-electron chi connectivity index (χ4n) is 1.85. The van der Waals surface area contributed by atoms with Crippen LogP contribution in [0.15, 0.2) is 11.4 Å². The number of fused-ring (bicyclic) bond motifs is 1. The van der Waals surface area contributed by atoms with Gasteiger partial charge in [-0.15, -0.1) is 22.7 Å². The van der Waals surface area contributed by atoms with Crippen LogP contribution in [0.25, 0.3) is 9.40 Å². The summed E-state index contributed by atoms with van der Waals surface area (Å²) in [6.07, 6.45) is 0. The minimum atomic E-state index is -0.331. The zero-order chi connectivity index (χ0) is 15.4. The Labute approximate surface area is 131 Å². The lowest BCUT2D eigenvalue weighted by atomic mass is 10.1. The molecule has 0 aliphatic carbocycles. The summed E-state index contributed by atoms with van der Waals surface area (Å²) in [6.45, 7) is 4.50. The third kappa shape index (κ3) is 3.42. The average Bonchev–Trinajstić information content (AvgIpc) is 3.05. The molecule has 1 unspecified atom stereocenters. The van der Waals surface area contributed by atoms with Gasteiger partial charge < -0.3 is 15.8 Å². The van der Waals surface area contributed by atoms with Gasteiger partial charge in [-0.05, 0) is 18.4 Å². The molecule has 21 heavy (non-hydrogen) atoms. The fourth-order valence-corrected chi connectivity index (χ4v) is 4.12. The molecule has 114 valence electrons. The molecule has 0 radical (unpaired) electrons. The normalized spacial score (nSPS) is 12.3. The van der Waals surface area contributed by atoms with Gasteiger partial charge >= 0.3 is 5.97 Å². The Balaban J connectivity index is 2.24. The summed E-state index contributed by atoms with van der Waals surface area (Å²) in [4.78, 5) is 24.4. The van der Waals surface area contributed by atoms with Crippen LogP contribution in [0.4, 0.5) is 0 Å². The first kappa shape index (κ1) is 15.9. The van der Waals surface area contributed by atoms with Gasteiger partial charge in [0, 0.05) is 29.3 Å². The van der Waals surface area contributed by atoms with E-state index in [9.17, 15) is 9.59 Å². The number of nitrogens with two attached hydrogens (primary N) is 1. The molecule has 1 atom stereocenters. The molecule has 2 heterocycles. The molecule has 0 aliphatic rings. The maximum absolute atomic E-state index is 12.0. The second-order valence-electron chi connectivity index (χ2n) is 4.60. The van der Waals surface area contributed by atoms with Crippen molar-refractivity contribution in [2.75, 3.05) is 13.2 Å². The number of rotatable bonds is 6. The summed E-state index contributed by atoms with van der Waals surface area (Å²) >= 11 is 2.97. The van der Waals surface area contributed by atoms with Crippen LogP contribution in [0.1, 0.15) is 29.1 Å². The number of thiophene rings is 2. The van der Waals surface area contributed by atoms with Crippen molar-refractivity contribution in [1.82, 2.24) is 5.32 Å². The SMILES string of the molecule is CCOC(=O)c1sc2ccsc2c1CNC(=O)C(C)CN. The van der Waals surface area contributed by atoms with Crippen molar-refractivity contribution < 1.29 is 14.3 Å². The lowest BCUT2D eigenvalue weighted by Crippen LogP contribution is -2.33. The van der Waals surface area contributed by atoms with Gasteiger partial charge in [-0.25, -0.2) is 4.79 Å². The first-order valence-electron chi connectivity index (χ1n) is 6.72. The molecule has 0 saturated heterocycles.